The molecule has 6 atom stereocenters. The molecule has 2 saturated carbocycles. The van der Waals surface area contributed by atoms with E-state index in [-0.39, 0.29) is 47.9 Å². The molecule has 5 nitrogen and oxygen atoms in total. The zero-order valence-electron chi connectivity index (χ0n) is 14.9. The number of amides is 3. The second-order valence-electron chi connectivity index (χ2n) is 8.34. The Kier molecular flexibility index (Phi) is 3.21. The van der Waals surface area contributed by atoms with Crippen molar-refractivity contribution < 1.29 is 14.4 Å². The molecule has 1 aromatic carbocycles. The molecule has 2 bridgehead atoms. The molecule has 0 aromatic heterocycles. The molecule has 1 N–H and O–H groups in total. The molecular formula is C21H22N2O3. The van der Waals surface area contributed by atoms with Crippen LogP contribution in [0.5, 0.6) is 0 Å². The van der Waals surface area contributed by atoms with Crippen LogP contribution < -0.4 is 5.32 Å². The van der Waals surface area contributed by atoms with E-state index in [1.54, 1.807) is 0 Å². The van der Waals surface area contributed by atoms with E-state index in [4.69, 9.17) is 0 Å². The van der Waals surface area contributed by atoms with Gasteiger partial charge in [0.1, 0.15) is 6.54 Å². The first-order valence-corrected chi connectivity index (χ1v) is 9.36. The number of likely N-dealkylation sites (tertiary alicyclic amines) is 1. The number of aryl methyl sites for hydroxylation is 2. The first-order valence-electron chi connectivity index (χ1n) is 9.36. The monoisotopic (exact) mass is 350 g/mol. The highest BCUT2D eigenvalue weighted by atomic mass is 16.2. The summed E-state index contributed by atoms with van der Waals surface area (Å²) in [5.74, 6) is 0.434. The lowest BCUT2D eigenvalue weighted by Crippen LogP contribution is -2.40. The van der Waals surface area contributed by atoms with Crippen LogP contribution in [0.4, 0.5) is 5.69 Å². The van der Waals surface area contributed by atoms with E-state index in [2.05, 4.69) is 17.5 Å². The molecule has 0 spiro atoms. The summed E-state index contributed by atoms with van der Waals surface area (Å²) >= 11 is 0. The quantitative estimate of drug-likeness (QED) is 0.672. The number of rotatable bonds is 3. The lowest BCUT2D eigenvalue weighted by atomic mass is 9.63. The van der Waals surface area contributed by atoms with E-state index >= 15 is 0 Å². The van der Waals surface area contributed by atoms with Crippen LogP contribution in [0, 0.1) is 49.4 Å². The number of nitrogens with zero attached hydrogens (tertiary/aromatic N) is 1. The normalized spacial score (nSPS) is 36.2. The summed E-state index contributed by atoms with van der Waals surface area (Å²) < 4.78 is 0. The number of benzene rings is 1. The molecule has 4 aliphatic carbocycles. The Labute approximate surface area is 152 Å². The SMILES string of the molecule is Cc1cc(C)cc(NC(=O)CN2C(=O)[C@@H]3[C@H]4C=C[C@H]([C@H]5C[C@H]45)[C@@H]3C2=O)c1. The smallest absolute Gasteiger partial charge is 0.244 e. The maximum atomic E-state index is 12.9. The molecule has 6 rings (SSSR count). The van der Waals surface area contributed by atoms with E-state index in [1.807, 2.05) is 32.0 Å². The molecule has 1 aliphatic heterocycles. The van der Waals surface area contributed by atoms with Gasteiger partial charge in [-0.25, -0.2) is 0 Å². The summed E-state index contributed by atoms with van der Waals surface area (Å²) in [5.41, 5.74) is 2.81. The predicted molar refractivity (Wildman–Crippen MR) is 96.0 cm³/mol. The Balaban J connectivity index is 1.33. The highest BCUT2D eigenvalue weighted by molar-refractivity contribution is 6.09. The average molecular weight is 350 g/mol. The summed E-state index contributed by atoms with van der Waals surface area (Å²) in [5, 5.41) is 2.83. The molecule has 5 heteroatoms. The molecule has 134 valence electrons. The van der Waals surface area contributed by atoms with Gasteiger partial charge in [0.25, 0.3) is 0 Å². The van der Waals surface area contributed by atoms with Gasteiger partial charge in [0.05, 0.1) is 11.8 Å². The first kappa shape index (κ1) is 15.8. The Morgan fingerprint density at radius 1 is 1.00 bits per heavy atom. The van der Waals surface area contributed by atoms with Gasteiger partial charge in [-0.1, -0.05) is 18.2 Å². The van der Waals surface area contributed by atoms with Crippen LogP contribution in [0.2, 0.25) is 0 Å². The largest absolute Gasteiger partial charge is 0.325 e. The van der Waals surface area contributed by atoms with E-state index in [1.165, 1.54) is 4.90 Å². The molecule has 5 aliphatic rings. The summed E-state index contributed by atoms with van der Waals surface area (Å²) in [4.78, 5) is 39.4. The zero-order valence-corrected chi connectivity index (χ0v) is 14.9. The van der Waals surface area contributed by atoms with E-state index in [9.17, 15) is 14.4 Å². The van der Waals surface area contributed by atoms with Crippen molar-refractivity contribution in [2.75, 3.05) is 11.9 Å². The van der Waals surface area contributed by atoms with Crippen LogP contribution in [0.25, 0.3) is 0 Å². The van der Waals surface area contributed by atoms with E-state index in [0.717, 1.165) is 17.5 Å². The molecule has 3 fully saturated rings. The van der Waals surface area contributed by atoms with Crippen molar-refractivity contribution in [2.45, 2.75) is 20.3 Å². The van der Waals surface area contributed by atoms with Gasteiger partial charge in [0.2, 0.25) is 17.7 Å². The highest BCUT2D eigenvalue weighted by Gasteiger charge is 2.67. The van der Waals surface area contributed by atoms with E-state index < -0.39 is 0 Å². The summed E-state index contributed by atoms with van der Waals surface area (Å²) in [6.07, 6.45) is 5.43. The van der Waals surface area contributed by atoms with Crippen LogP contribution in [0.1, 0.15) is 17.5 Å². The second-order valence-corrected chi connectivity index (χ2v) is 8.34. The average Bonchev–Trinajstić information content (AvgIpc) is 3.35. The van der Waals surface area contributed by atoms with Crippen LogP contribution >= 0.6 is 0 Å². The predicted octanol–water partition coefficient (Wildman–Crippen LogP) is 2.30. The standard InChI is InChI=1S/C21H22N2O3/c1-10-5-11(2)7-12(6-10)22-17(24)9-23-20(25)18-13-3-4-14(16-8-15(13)16)19(18)21(23)26/h3-7,13-16,18-19H,8-9H2,1-2H3,(H,22,24)/t13-,14+,15-,16-,18+,19-/m1/s1. The first-order chi connectivity index (χ1) is 12.4. The van der Waals surface area contributed by atoms with Gasteiger partial charge in [-0.05, 0) is 67.2 Å². The third-order valence-electron chi connectivity index (χ3n) is 6.56. The van der Waals surface area contributed by atoms with Crippen molar-refractivity contribution in [1.82, 2.24) is 4.90 Å². The number of hydrogen-bond acceptors (Lipinski definition) is 3. The summed E-state index contributed by atoms with van der Waals surface area (Å²) in [6.45, 7) is 3.75. The van der Waals surface area contributed by atoms with Gasteiger partial charge in [0.15, 0.2) is 0 Å². The number of carbonyl (C=O) groups is 3. The van der Waals surface area contributed by atoms with Crippen LogP contribution in [0.3, 0.4) is 0 Å². The fourth-order valence-corrected chi connectivity index (χ4v) is 5.57. The minimum atomic E-state index is -0.319. The molecular weight excluding hydrogens is 328 g/mol. The van der Waals surface area contributed by atoms with Gasteiger partial charge in [-0.15, -0.1) is 0 Å². The number of imide groups is 1. The molecule has 1 saturated heterocycles. The summed E-state index contributed by atoms with van der Waals surface area (Å²) in [6, 6.07) is 5.80. The number of hydrogen-bond donors (Lipinski definition) is 1. The van der Waals surface area contributed by atoms with Crippen molar-refractivity contribution in [2.24, 2.45) is 35.5 Å². The summed E-state index contributed by atoms with van der Waals surface area (Å²) in [7, 11) is 0. The molecule has 26 heavy (non-hydrogen) atoms. The van der Waals surface area contributed by atoms with Gasteiger partial charge < -0.3 is 5.32 Å². The lowest BCUT2D eigenvalue weighted by molar-refractivity contribution is -0.142. The third-order valence-corrected chi connectivity index (χ3v) is 6.56. The van der Waals surface area contributed by atoms with Gasteiger partial charge in [0, 0.05) is 5.69 Å². The van der Waals surface area contributed by atoms with Gasteiger partial charge in [-0.3, -0.25) is 19.3 Å². The molecule has 1 heterocycles. The van der Waals surface area contributed by atoms with Gasteiger partial charge in [-0.2, -0.15) is 0 Å². The van der Waals surface area contributed by atoms with E-state index in [0.29, 0.717) is 17.5 Å². The van der Waals surface area contributed by atoms with Crippen molar-refractivity contribution in [1.29, 1.82) is 0 Å². The third kappa shape index (κ3) is 2.19. The lowest BCUT2D eigenvalue weighted by Gasteiger charge is -2.37. The highest BCUT2D eigenvalue weighted by Crippen LogP contribution is 2.65. The molecule has 3 amide bonds. The molecule has 1 aromatic rings. The number of allylic oxidation sites excluding steroid dienone is 2. The van der Waals surface area contributed by atoms with Crippen LogP contribution in [0.15, 0.2) is 30.4 Å². The fourth-order valence-electron chi connectivity index (χ4n) is 5.57. The Hall–Kier alpha value is -2.43. The minimum Gasteiger partial charge on any atom is -0.325 e. The maximum absolute atomic E-state index is 12.9. The van der Waals surface area contributed by atoms with Crippen molar-refractivity contribution >= 4 is 23.4 Å². The Morgan fingerprint density at radius 3 is 2.08 bits per heavy atom. The van der Waals surface area contributed by atoms with Crippen LogP contribution in [-0.2, 0) is 14.4 Å². The van der Waals surface area contributed by atoms with Crippen molar-refractivity contribution in [3.63, 3.8) is 0 Å². The fraction of sp³-hybridized carbons (Fsp3) is 0.476. The van der Waals surface area contributed by atoms with Crippen LogP contribution in [-0.4, -0.2) is 29.2 Å². The number of carbonyl (C=O) groups excluding carboxylic acids is 3. The molecule has 0 radical (unpaired) electrons. The second kappa shape index (κ2) is 5.29. The molecule has 0 unspecified atom stereocenters. The number of nitrogens with one attached hydrogen (secondary N) is 1. The van der Waals surface area contributed by atoms with Crippen molar-refractivity contribution in [3.8, 4) is 0 Å². The minimum absolute atomic E-state index is 0.153. The zero-order chi connectivity index (χ0) is 18.2. The van der Waals surface area contributed by atoms with Gasteiger partial charge >= 0.3 is 0 Å². The van der Waals surface area contributed by atoms with Crippen molar-refractivity contribution in [3.05, 3.63) is 41.5 Å². The maximum Gasteiger partial charge on any atom is 0.244 e. The Morgan fingerprint density at radius 2 is 1.54 bits per heavy atom. The topological polar surface area (TPSA) is 66.5 Å². The number of anilines is 1. The Bertz CT molecular complexity index is 818.